The van der Waals surface area contributed by atoms with Gasteiger partial charge in [0.15, 0.2) is 11.5 Å². The monoisotopic (exact) mass is 359 g/mol. The molecule has 1 aromatic heterocycles. The Labute approximate surface area is 157 Å². The molecule has 0 unspecified atom stereocenters. The number of pyridine rings is 1. The van der Waals surface area contributed by atoms with Crippen LogP contribution in [0.25, 0.3) is 21.7 Å². The van der Waals surface area contributed by atoms with Crippen molar-refractivity contribution in [3.63, 3.8) is 0 Å². The van der Waals surface area contributed by atoms with E-state index < -0.39 is 0 Å². The summed E-state index contributed by atoms with van der Waals surface area (Å²) in [6.07, 6.45) is 0.725. The van der Waals surface area contributed by atoms with E-state index in [0.717, 1.165) is 33.7 Å². The third-order valence-electron chi connectivity index (χ3n) is 4.96. The van der Waals surface area contributed by atoms with Gasteiger partial charge in [0.25, 0.3) is 5.56 Å². The van der Waals surface area contributed by atoms with Crippen molar-refractivity contribution in [2.75, 3.05) is 14.2 Å². The highest BCUT2D eigenvalue weighted by atomic mass is 16.5. The van der Waals surface area contributed by atoms with Crippen molar-refractivity contribution in [2.24, 2.45) is 0 Å². The lowest BCUT2D eigenvalue weighted by atomic mass is 10.1. The lowest BCUT2D eigenvalue weighted by Crippen LogP contribution is -2.22. The summed E-state index contributed by atoms with van der Waals surface area (Å²) in [5, 5.41) is 2.85. The normalized spacial score (nSPS) is 11.0. The fourth-order valence-corrected chi connectivity index (χ4v) is 3.60. The maximum absolute atomic E-state index is 13.1. The zero-order valence-corrected chi connectivity index (χ0v) is 15.4. The van der Waals surface area contributed by atoms with E-state index in [9.17, 15) is 4.79 Å². The summed E-state index contributed by atoms with van der Waals surface area (Å²) in [6, 6.07) is 21.7. The van der Waals surface area contributed by atoms with Crippen LogP contribution in [-0.4, -0.2) is 18.8 Å². The molecule has 0 radical (unpaired) electrons. The number of hydrogen-bond acceptors (Lipinski definition) is 3. The fourth-order valence-electron chi connectivity index (χ4n) is 3.60. The van der Waals surface area contributed by atoms with Gasteiger partial charge in [-0.1, -0.05) is 42.5 Å². The Morgan fingerprint density at radius 3 is 2.19 bits per heavy atom. The number of rotatable bonds is 5. The molecule has 0 spiro atoms. The molecule has 1 heterocycles. The highest BCUT2D eigenvalue weighted by molar-refractivity contribution is 6.05. The van der Waals surface area contributed by atoms with Gasteiger partial charge in [0.1, 0.15) is 0 Å². The minimum atomic E-state index is 0.0461. The zero-order valence-electron chi connectivity index (χ0n) is 15.4. The Bertz CT molecular complexity index is 1180. The molecule has 4 aromatic rings. The molecular formula is C23H21NO3. The van der Waals surface area contributed by atoms with Crippen LogP contribution in [0.2, 0.25) is 0 Å². The quantitative estimate of drug-likeness (QED) is 0.496. The molecule has 0 amide bonds. The Balaban J connectivity index is 1.78. The number of fused-ring (bicyclic) bond motifs is 3. The first-order chi connectivity index (χ1) is 13.2. The van der Waals surface area contributed by atoms with Crippen molar-refractivity contribution in [3.8, 4) is 11.5 Å². The summed E-state index contributed by atoms with van der Waals surface area (Å²) >= 11 is 0. The van der Waals surface area contributed by atoms with Crippen molar-refractivity contribution in [1.82, 2.24) is 4.57 Å². The molecular weight excluding hydrogens is 338 g/mol. The van der Waals surface area contributed by atoms with E-state index in [1.54, 1.807) is 14.2 Å². The van der Waals surface area contributed by atoms with Gasteiger partial charge in [0.2, 0.25) is 0 Å². The molecule has 0 fully saturated rings. The number of methoxy groups -OCH3 is 2. The fraction of sp³-hybridized carbons (Fsp3) is 0.174. The first kappa shape index (κ1) is 17.2. The van der Waals surface area contributed by atoms with Crippen molar-refractivity contribution < 1.29 is 9.47 Å². The standard InChI is InChI=1S/C23H21NO3/c1-26-21-12-11-16(15-22(21)27-2)13-14-24-20-10-6-5-8-18(20)17-7-3-4-9-19(17)23(24)25/h3-12,15H,13-14H2,1-2H3. The van der Waals surface area contributed by atoms with Crippen molar-refractivity contribution >= 4 is 21.7 Å². The van der Waals surface area contributed by atoms with Gasteiger partial charge in [-0.3, -0.25) is 4.79 Å². The number of aryl methyl sites for hydroxylation is 2. The van der Waals surface area contributed by atoms with Crippen molar-refractivity contribution in [3.05, 3.63) is 82.6 Å². The molecule has 0 aliphatic rings. The predicted molar refractivity (Wildman–Crippen MR) is 109 cm³/mol. The average Bonchev–Trinajstić information content (AvgIpc) is 2.73. The molecule has 0 atom stereocenters. The zero-order chi connectivity index (χ0) is 18.8. The summed E-state index contributed by atoms with van der Waals surface area (Å²) in [7, 11) is 3.25. The molecule has 4 heteroatoms. The van der Waals surface area contributed by atoms with Crippen LogP contribution in [-0.2, 0) is 13.0 Å². The molecule has 136 valence electrons. The van der Waals surface area contributed by atoms with Gasteiger partial charge >= 0.3 is 0 Å². The first-order valence-corrected chi connectivity index (χ1v) is 8.94. The summed E-state index contributed by atoms with van der Waals surface area (Å²) in [5.41, 5.74) is 2.10. The Morgan fingerprint density at radius 2 is 1.44 bits per heavy atom. The van der Waals surface area contributed by atoms with E-state index in [0.29, 0.717) is 18.0 Å². The molecule has 0 saturated carbocycles. The van der Waals surface area contributed by atoms with Crippen LogP contribution in [0.1, 0.15) is 5.56 Å². The summed E-state index contributed by atoms with van der Waals surface area (Å²) < 4.78 is 12.6. The third kappa shape index (κ3) is 3.04. The summed E-state index contributed by atoms with van der Waals surface area (Å²) in [4.78, 5) is 13.1. The number of nitrogens with zero attached hydrogens (tertiary/aromatic N) is 1. The van der Waals surface area contributed by atoms with Crippen LogP contribution in [0.3, 0.4) is 0 Å². The van der Waals surface area contributed by atoms with Crippen LogP contribution in [0.4, 0.5) is 0 Å². The van der Waals surface area contributed by atoms with Gasteiger partial charge in [-0.05, 0) is 41.6 Å². The van der Waals surface area contributed by atoms with E-state index in [2.05, 4.69) is 6.07 Å². The van der Waals surface area contributed by atoms with Gasteiger partial charge in [0, 0.05) is 17.3 Å². The first-order valence-electron chi connectivity index (χ1n) is 8.94. The Hall–Kier alpha value is -3.27. The molecule has 27 heavy (non-hydrogen) atoms. The lowest BCUT2D eigenvalue weighted by Gasteiger charge is -2.14. The molecule has 0 aliphatic heterocycles. The van der Waals surface area contributed by atoms with Crippen LogP contribution in [0.15, 0.2) is 71.5 Å². The number of aromatic nitrogens is 1. The van der Waals surface area contributed by atoms with Gasteiger partial charge < -0.3 is 14.0 Å². The second-order valence-electron chi connectivity index (χ2n) is 6.46. The number of para-hydroxylation sites is 1. The Kier molecular flexibility index (Phi) is 4.55. The second kappa shape index (κ2) is 7.16. The molecule has 0 N–H and O–H groups in total. The lowest BCUT2D eigenvalue weighted by molar-refractivity contribution is 0.354. The topological polar surface area (TPSA) is 40.5 Å². The van der Waals surface area contributed by atoms with Crippen LogP contribution in [0.5, 0.6) is 11.5 Å². The maximum atomic E-state index is 13.1. The highest BCUT2D eigenvalue weighted by Crippen LogP contribution is 2.28. The highest BCUT2D eigenvalue weighted by Gasteiger charge is 2.11. The number of hydrogen-bond donors (Lipinski definition) is 0. The second-order valence-corrected chi connectivity index (χ2v) is 6.46. The molecule has 0 aliphatic carbocycles. The summed E-state index contributed by atoms with van der Waals surface area (Å²) in [5.74, 6) is 1.40. The SMILES string of the molecule is COc1ccc(CCn2c(=O)c3ccccc3c3ccccc32)cc1OC. The van der Waals surface area contributed by atoms with E-state index in [1.165, 1.54) is 0 Å². The molecule has 0 saturated heterocycles. The molecule has 4 rings (SSSR count). The van der Waals surface area contributed by atoms with Crippen LogP contribution in [0, 0.1) is 0 Å². The Morgan fingerprint density at radius 1 is 0.778 bits per heavy atom. The van der Waals surface area contributed by atoms with Gasteiger partial charge in [-0.2, -0.15) is 0 Å². The largest absolute Gasteiger partial charge is 0.493 e. The smallest absolute Gasteiger partial charge is 0.258 e. The van der Waals surface area contributed by atoms with Crippen molar-refractivity contribution in [2.45, 2.75) is 13.0 Å². The van der Waals surface area contributed by atoms with Crippen LogP contribution < -0.4 is 15.0 Å². The molecule has 4 nitrogen and oxygen atoms in total. The van der Waals surface area contributed by atoms with E-state index >= 15 is 0 Å². The minimum absolute atomic E-state index is 0.0461. The minimum Gasteiger partial charge on any atom is -0.493 e. The number of benzene rings is 3. The van der Waals surface area contributed by atoms with Crippen LogP contribution >= 0.6 is 0 Å². The van der Waals surface area contributed by atoms with Crippen molar-refractivity contribution in [1.29, 1.82) is 0 Å². The van der Waals surface area contributed by atoms with E-state index in [1.807, 2.05) is 65.2 Å². The van der Waals surface area contributed by atoms with Gasteiger partial charge in [-0.15, -0.1) is 0 Å². The van der Waals surface area contributed by atoms with E-state index in [4.69, 9.17) is 9.47 Å². The average molecular weight is 359 g/mol. The van der Waals surface area contributed by atoms with E-state index in [-0.39, 0.29) is 5.56 Å². The number of ether oxygens (including phenoxy) is 2. The predicted octanol–water partition coefficient (Wildman–Crippen LogP) is 4.41. The van der Waals surface area contributed by atoms with Gasteiger partial charge in [-0.25, -0.2) is 0 Å². The molecule has 3 aromatic carbocycles. The van der Waals surface area contributed by atoms with Gasteiger partial charge in [0.05, 0.1) is 19.7 Å². The molecule has 0 bridgehead atoms. The third-order valence-corrected chi connectivity index (χ3v) is 4.96. The summed E-state index contributed by atoms with van der Waals surface area (Å²) in [6.45, 7) is 0.597. The maximum Gasteiger partial charge on any atom is 0.258 e.